The molecule has 7 heteroatoms. The molecule has 1 N–H and O–H groups in total. The molecule has 0 aliphatic carbocycles. The van der Waals surface area contributed by atoms with Crippen molar-refractivity contribution in [3.63, 3.8) is 0 Å². The summed E-state index contributed by atoms with van der Waals surface area (Å²) in [5.41, 5.74) is 0.321. The minimum atomic E-state index is -0.580. The van der Waals surface area contributed by atoms with Gasteiger partial charge in [0, 0.05) is 23.0 Å². The number of benzene rings is 1. The molecule has 0 unspecified atom stereocenters. The second-order valence-electron chi connectivity index (χ2n) is 4.43. The molecule has 0 atom stereocenters. The number of esters is 1. The van der Waals surface area contributed by atoms with Crippen LogP contribution in [0.2, 0.25) is 5.02 Å². The molecule has 2 aromatic rings. The number of hydrogen-bond donors (Lipinski definition) is 1. The van der Waals surface area contributed by atoms with E-state index >= 15 is 0 Å². The lowest BCUT2D eigenvalue weighted by Crippen LogP contribution is -2.27. The predicted molar refractivity (Wildman–Crippen MR) is 82.1 cm³/mol. The van der Waals surface area contributed by atoms with E-state index in [2.05, 4.69) is 10.1 Å². The highest BCUT2D eigenvalue weighted by Crippen LogP contribution is 2.14. The summed E-state index contributed by atoms with van der Waals surface area (Å²) in [7, 11) is 1.24. The zero-order valence-electron chi connectivity index (χ0n) is 11.7. The molecule has 0 saturated heterocycles. The molecule has 0 fully saturated rings. The molecule has 1 aromatic carbocycles. The molecule has 0 aliphatic heterocycles. The van der Waals surface area contributed by atoms with Gasteiger partial charge in [0.1, 0.15) is 6.54 Å². The van der Waals surface area contributed by atoms with Crippen LogP contribution in [-0.2, 0) is 16.1 Å². The van der Waals surface area contributed by atoms with Gasteiger partial charge in [0.25, 0.3) is 5.56 Å². The average Bonchev–Trinajstić information content (AvgIpc) is 2.48. The van der Waals surface area contributed by atoms with E-state index in [1.807, 2.05) is 0 Å². The Morgan fingerprint density at radius 2 is 2.05 bits per heavy atom. The van der Waals surface area contributed by atoms with Gasteiger partial charge in [-0.05, 0) is 24.3 Å². The lowest BCUT2D eigenvalue weighted by Gasteiger charge is -2.08. The van der Waals surface area contributed by atoms with E-state index < -0.39 is 17.4 Å². The summed E-state index contributed by atoms with van der Waals surface area (Å²) >= 11 is 5.83. The highest BCUT2D eigenvalue weighted by Gasteiger charge is 2.10. The number of amides is 1. The van der Waals surface area contributed by atoms with Crippen LogP contribution in [0, 0.1) is 0 Å². The molecule has 114 valence electrons. The maximum Gasteiger partial charge on any atom is 0.339 e. The maximum absolute atomic E-state index is 12.0. The van der Waals surface area contributed by atoms with E-state index in [0.717, 1.165) is 4.57 Å². The topological polar surface area (TPSA) is 77.4 Å². The van der Waals surface area contributed by atoms with Crippen LogP contribution in [0.15, 0.2) is 47.4 Å². The number of nitrogens with one attached hydrogen (secondary N) is 1. The van der Waals surface area contributed by atoms with Crippen LogP contribution in [0.4, 0.5) is 5.69 Å². The molecule has 22 heavy (non-hydrogen) atoms. The summed E-state index contributed by atoms with van der Waals surface area (Å²) in [4.78, 5) is 35.1. The highest BCUT2D eigenvalue weighted by atomic mass is 35.5. The van der Waals surface area contributed by atoms with Crippen LogP contribution in [0.3, 0.4) is 0 Å². The van der Waals surface area contributed by atoms with Crippen LogP contribution >= 0.6 is 11.6 Å². The van der Waals surface area contributed by atoms with Crippen molar-refractivity contribution in [2.75, 3.05) is 12.4 Å². The van der Waals surface area contributed by atoms with Gasteiger partial charge in [-0.15, -0.1) is 0 Å². The Bertz CT molecular complexity index is 770. The van der Waals surface area contributed by atoms with Crippen molar-refractivity contribution >= 4 is 29.2 Å². The Morgan fingerprint density at radius 3 is 2.73 bits per heavy atom. The fourth-order valence-electron chi connectivity index (χ4n) is 1.81. The Hall–Kier alpha value is -2.60. The van der Waals surface area contributed by atoms with Gasteiger partial charge >= 0.3 is 5.97 Å². The third kappa shape index (κ3) is 3.95. The lowest BCUT2D eigenvalue weighted by atomic mass is 10.3. The van der Waals surface area contributed by atoms with Crippen molar-refractivity contribution in [1.82, 2.24) is 4.57 Å². The molecule has 1 heterocycles. The Kier molecular flexibility index (Phi) is 4.95. The number of nitrogens with zero attached hydrogens (tertiary/aromatic N) is 1. The van der Waals surface area contributed by atoms with Gasteiger partial charge in [0.2, 0.25) is 5.91 Å². The van der Waals surface area contributed by atoms with Crippen LogP contribution < -0.4 is 10.9 Å². The summed E-state index contributed by atoms with van der Waals surface area (Å²) in [6.07, 6.45) is 1.28. The molecular formula is C15H13ClN2O4. The first kappa shape index (κ1) is 15.8. The zero-order chi connectivity index (χ0) is 16.1. The molecule has 0 bridgehead atoms. The standard InChI is InChI=1S/C15H13ClN2O4/c1-22-15(21)10-5-6-14(20)18(8-10)9-13(19)17-12-4-2-3-11(16)7-12/h2-8H,9H2,1H3,(H,17,19). The summed E-state index contributed by atoms with van der Waals surface area (Å²) in [5.74, 6) is -0.990. The summed E-state index contributed by atoms with van der Waals surface area (Å²) < 4.78 is 5.71. The summed E-state index contributed by atoms with van der Waals surface area (Å²) in [6, 6.07) is 9.20. The number of pyridine rings is 1. The van der Waals surface area contributed by atoms with Crippen LogP contribution in [0.25, 0.3) is 0 Å². The van der Waals surface area contributed by atoms with E-state index in [9.17, 15) is 14.4 Å². The highest BCUT2D eigenvalue weighted by molar-refractivity contribution is 6.30. The van der Waals surface area contributed by atoms with E-state index in [1.54, 1.807) is 24.3 Å². The molecule has 6 nitrogen and oxygen atoms in total. The number of aromatic nitrogens is 1. The Labute approximate surface area is 131 Å². The number of methoxy groups -OCH3 is 1. The number of hydrogen-bond acceptors (Lipinski definition) is 4. The second kappa shape index (κ2) is 6.91. The van der Waals surface area contributed by atoms with E-state index in [-0.39, 0.29) is 12.1 Å². The molecular weight excluding hydrogens is 308 g/mol. The lowest BCUT2D eigenvalue weighted by molar-refractivity contribution is -0.116. The first-order valence-corrected chi connectivity index (χ1v) is 6.71. The van der Waals surface area contributed by atoms with Gasteiger partial charge in [-0.1, -0.05) is 17.7 Å². The van der Waals surface area contributed by atoms with Crippen molar-refractivity contribution in [2.45, 2.75) is 6.54 Å². The van der Waals surface area contributed by atoms with Gasteiger partial charge in [-0.2, -0.15) is 0 Å². The van der Waals surface area contributed by atoms with Gasteiger partial charge < -0.3 is 14.6 Å². The Morgan fingerprint density at radius 1 is 1.27 bits per heavy atom. The minimum Gasteiger partial charge on any atom is -0.465 e. The van der Waals surface area contributed by atoms with E-state index in [0.29, 0.717) is 10.7 Å². The molecule has 0 radical (unpaired) electrons. The number of ether oxygens (including phenoxy) is 1. The van der Waals surface area contributed by atoms with Gasteiger partial charge in [-0.3, -0.25) is 9.59 Å². The Balaban J connectivity index is 2.14. The number of carbonyl (C=O) groups excluding carboxylic acids is 2. The number of halogens is 1. The first-order valence-electron chi connectivity index (χ1n) is 6.34. The van der Waals surface area contributed by atoms with Crippen LogP contribution in [-0.4, -0.2) is 23.6 Å². The minimum absolute atomic E-state index is 0.192. The predicted octanol–water partition coefficient (Wildman–Crippen LogP) is 1.93. The number of anilines is 1. The third-order valence-electron chi connectivity index (χ3n) is 2.83. The van der Waals surface area contributed by atoms with E-state index in [1.165, 1.54) is 25.4 Å². The zero-order valence-corrected chi connectivity index (χ0v) is 12.5. The van der Waals surface area contributed by atoms with Gasteiger partial charge in [0.15, 0.2) is 0 Å². The molecule has 0 spiro atoms. The van der Waals surface area contributed by atoms with Crippen molar-refractivity contribution in [3.05, 3.63) is 63.5 Å². The quantitative estimate of drug-likeness (QED) is 0.873. The van der Waals surface area contributed by atoms with Gasteiger partial charge in [-0.25, -0.2) is 4.79 Å². The normalized spacial score (nSPS) is 10.1. The molecule has 1 aromatic heterocycles. The third-order valence-corrected chi connectivity index (χ3v) is 3.06. The maximum atomic E-state index is 12.0. The fraction of sp³-hybridized carbons (Fsp3) is 0.133. The fourth-order valence-corrected chi connectivity index (χ4v) is 2.01. The van der Waals surface area contributed by atoms with Crippen molar-refractivity contribution in [2.24, 2.45) is 0 Å². The van der Waals surface area contributed by atoms with Gasteiger partial charge in [0.05, 0.1) is 12.7 Å². The van der Waals surface area contributed by atoms with Crippen molar-refractivity contribution in [1.29, 1.82) is 0 Å². The summed E-state index contributed by atoms with van der Waals surface area (Å²) in [6.45, 7) is -0.226. The van der Waals surface area contributed by atoms with E-state index in [4.69, 9.17) is 11.6 Å². The molecule has 1 amide bonds. The first-order chi connectivity index (χ1) is 10.5. The molecule has 0 saturated carbocycles. The average molecular weight is 321 g/mol. The van der Waals surface area contributed by atoms with Crippen molar-refractivity contribution in [3.8, 4) is 0 Å². The molecule has 2 rings (SSSR count). The number of carbonyl (C=O) groups is 2. The van der Waals surface area contributed by atoms with Crippen LogP contribution in [0.5, 0.6) is 0 Å². The van der Waals surface area contributed by atoms with Crippen LogP contribution in [0.1, 0.15) is 10.4 Å². The second-order valence-corrected chi connectivity index (χ2v) is 4.87. The SMILES string of the molecule is COC(=O)c1ccc(=O)n(CC(=O)Nc2cccc(Cl)c2)c1. The van der Waals surface area contributed by atoms with Crippen molar-refractivity contribution < 1.29 is 14.3 Å². The summed E-state index contributed by atoms with van der Waals surface area (Å²) in [5, 5.41) is 3.11. The smallest absolute Gasteiger partial charge is 0.339 e. The molecule has 0 aliphatic rings. The monoisotopic (exact) mass is 320 g/mol. The largest absolute Gasteiger partial charge is 0.465 e. The number of rotatable bonds is 4.